The first-order valence-corrected chi connectivity index (χ1v) is 11.7. The van der Waals surface area contributed by atoms with E-state index in [0.717, 1.165) is 16.7 Å². The monoisotopic (exact) mass is 470 g/mol. The van der Waals surface area contributed by atoms with Gasteiger partial charge in [-0.25, -0.2) is 0 Å². The molecule has 1 amide bonds. The van der Waals surface area contributed by atoms with Gasteiger partial charge in [-0.05, 0) is 16.7 Å². The maximum absolute atomic E-state index is 11.7. The number of rotatable bonds is 6. The molecule has 2 N–H and O–H groups in total. The van der Waals surface area contributed by atoms with Gasteiger partial charge in [0.1, 0.15) is 23.9 Å². The number of hydrogen-bond acceptors (Lipinski definition) is 6. The van der Waals surface area contributed by atoms with Crippen molar-refractivity contribution in [3.8, 4) is 0 Å². The van der Waals surface area contributed by atoms with Crippen molar-refractivity contribution in [2.75, 3.05) is 6.61 Å². The Kier molecular flexibility index (Phi) is 5.62. The van der Waals surface area contributed by atoms with Crippen molar-refractivity contribution < 1.29 is 24.1 Å². The molecule has 0 aliphatic carbocycles. The van der Waals surface area contributed by atoms with Gasteiger partial charge in [-0.1, -0.05) is 91.0 Å². The van der Waals surface area contributed by atoms with Crippen molar-refractivity contribution in [2.24, 2.45) is 0 Å². The molecule has 6 rings (SSSR count). The molecule has 0 aromatic heterocycles. The van der Waals surface area contributed by atoms with Crippen molar-refractivity contribution in [1.82, 2.24) is 10.2 Å². The highest BCUT2D eigenvalue weighted by atomic mass is 16.6. The van der Waals surface area contributed by atoms with Crippen LogP contribution in [-0.4, -0.2) is 53.4 Å². The Hall–Kier alpha value is -3.49. The number of hydrogen-bond donors (Lipinski definition) is 2. The lowest BCUT2D eigenvalue weighted by atomic mass is 9.80. The molecule has 0 spiro atoms. The molecule has 3 aromatic carbocycles. The second-order valence-corrected chi connectivity index (χ2v) is 8.87. The number of aliphatic hydroxyl groups is 1. The molecule has 0 radical (unpaired) electrons. The minimum atomic E-state index is -0.920. The Bertz CT molecular complexity index is 1110. The summed E-state index contributed by atoms with van der Waals surface area (Å²) in [6.07, 6.45) is -0.227. The Morgan fingerprint density at radius 1 is 0.857 bits per heavy atom. The predicted molar refractivity (Wildman–Crippen MR) is 128 cm³/mol. The fourth-order valence-corrected chi connectivity index (χ4v) is 5.17. The number of aliphatic hydroxyl groups excluding tert-OH is 1. The van der Waals surface area contributed by atoms with E-state index in [1.807, 2.05) is 54.6 Å². The average Bonchev–Trinajstić information content (AvgIpc) is 3.41. The number of benzene rings is 3. The molecule has 178 valence electrons. The largest absolute Gasteiger partial charge is 0.387 e. The van der Waals surface area contributed by atoms with E-state index in [9.17, 15) is 9.90 Å². The lowest BCUT2D eigenvalue weighted by Crippen LogP contribution is -2.49. The van der Waals surface area contributed by atoms with Gasteiger partial charge in [0.15, 0.2) is 6.23 Å². The van der Waals surface area contributed by atoms with Crippen LogP contribution in [0.3, 0.4) is 0 Å². The van der Waals surface area contributed by atoms with Crippen molar-refractivity contribution in [2.45, 2.75) is 36.5 Å². The summed E-state index contributed by atoms with van der Waals surface area (Å²) in [4.78, 5) is 13.4. The van der Waals surface area contributed by atoms with Crippen LogP contribution in [0.25, 0.3) is 0 Å². The van der Waals surface area contributed by atoms with Gasteiger partial charge < -0.3 is 29.5 Å². The summed E-state index contributed by atoms with van der Waals surface area (Å²) in [6, 6.07) is 30.2. The predicted octanol–water partition coefficient (Wildman–Crippen LogP) is 2.71. The number of carbonyl (C=O) groups excluding carboxylic acids is 1. The topological polar surface area (TPSA) is 80.3 Å². The van der Waals surface area contributed by atoms with Crippen LogP contribution in [0.2, 0.25) is 0 Å². The lowest BCUT2D eigenvalue weighted by molar-refractivity contribution is -0.139. The van der Waals surface area contributed by atoms with Gasteiger partial charge in [-0.15, -0.1) is 0 Å². The first-order valence-electron chi connectivity index (χ1n) is 11.7. The molecule has 7 nitrogen and oxygen atoms in total. The van der Waals surface area contributed by atoms with Crippen molar-refractivity contribution >= 4 is 5.91 Å². The van der Waals surface area contributed by atoms with Crippen LogP contribution in [0, 0.1) is 0 Å². The molecule has 3 aromatic rings. The third-order valence-corrected chi connectivity index (χ3v) is 6.83. The highest BCUT2D eigenvalue weighted by Crippen LogP contribution is 2.42. The number of fused-ring (bicyclic) bond motifs is 3. The summed E-state index contributed by atoms with van der Waals surface area (Å²) in [5, 5.41) is 13.8. The van der Waals surface area contributed by atoms with E-state index in [2.05, 4.69) is 41.7 Å². The first kappa shape index (κ1) is 22.0. The molecule has 2 saturated heterocycles. The van der Waals surface area contributed by atoms with Crippen LogP contribution in [0.4, 0.5) is 0 Å². The maximum Gasteiger partial charge on any atom is 0.248 e. The number of amides is 1. The number of nitrogens with zero attached hydrogens (tertiary/aromatic N) is 1. The van der Waals surface area contributed by atoms with Crippen molar-refractivity contribution in [3.63, 3.8) is 0 Å². The lowest BCUT2D eigenvalue weighted by Gasteiger charge is -2.37. The van der Waals surface area contributed by atoms with Gasteiger partial charge in [-0.2, -0.15) is 0 Å². The zero-order valence-corrected chi connectivity index (χ0v) is 18.9. The highest BCUT2D eigenvalue weighted by molar-refractivity contribution is 5.88. The van der Waals surface area contributed by atoms with Gasteiger partial charge in [0, 0.05) is 12.3 Å². The molecule has 5 atom stereocenters. The smallest absolute Gasteiger partial charge is 0.248 e. The van der Waals surface area contributed by atoms with Crippen LogP contribution in [-0.2, 0) is 24.6 Å². The SMILES string of the molecule is O=C1C=CN2[C@H](N1)O[C@H]1[C@H](O)[C@@H](COC(c3ccccc3)(c3ccccc3)c3ccccc3)O[C@@H]12. The molecule has 0 unspecified atom stereocenters. The van der Waals surface area contributed by atoms with Crippen LogP contribution in [0.15, 0.2) is 103 Å². The molecular formula is C28H26N2O5. The van der Waals surface area contributed by atoms with E-state index in [1.165, 1.54) is 6.08 Å². The standard InChI is InChI=1S/C28H26N2O5/c31-23-16-17-30-26-25(35-27(30)29-23)24(32)22(34-26)18-33-28(19-10-4-1-5-11-19,20-12-6-2-7-13-20)21-14-8-3-9-15-21/h1-17,22,24-27,32H,18H2,(H,29,31)/t22-,24-,25+,26+,27+/m1/s1. The molecule has 35 heavy (non-hydrogen) atoms. The van der Waals surface area contributed by atoms with Gasteiger partial charge in [0.25, 0.3) is 0 Å². The molecule has 2 fully saturated rings. The van der Waals surface area contributed by atoms with Gasteiger partial charge in [0.05, 0.1) is 6.61 Å². The summed E-state index contributed by atoms with van der Waals surface area (Å²) >= 11 is 0. The van der Waals surface area contributed by atoms with Crippen LogP contribution < -0.4 is 5.32 Å². The molecule has 0 bridgehead atoms. The summed E-state index contributed by atoms with van der Waals surface area (Å²) in [6.45, 7) is 0.130. The molecule has 0 saturated carbocycles. The summed E-state index contributed by atoms with van der Waals surface area (Å²) < 4.78 is 18.9. The average molecular weight is 471 g/mol. The summed E-state index contributed by atoms with van der Waals surface area (Å²) in [5.74, 6) is -0.237. The van der Waals surface area contributed by atoms with E-state index < -0.39 is 36.5 Å². The molecule has 3 aliphatic heterocycles. The van der Waals surface area contributed by atoms with Crippen LogP contribution in [0.1, 0.15) is 16.7 Å². The number of carbonyl (C=O) groups is 1. The van der Waals surface area contributed by atoms with Gasteiger partial charge >= 0.3 is 0 Å². The number of ether oxygens (including phenoxy) is 3. The fraction of sp³-hybridized carbons (Fsp3) is 0.250. The Morgan fingerprint density at radius 2 is 1.40 bits per heavy atom. The minimum absolute atomic E-state index is 0.130. The summed E-state index contributed by atoms with van der Waals surface area (Å²) in [5.41, 5.74) is 2.02. The van der Waals surface area contributed by atoms with Gasteiger partial charge in [-0.3, -0.25) is 4.79 Å². The summed E-state index contributed by atoms with van der Waals surface area (Å²) in [7, 11) is 0. The Morgan fingerprint density at radius 3 is 1.94 bits per heavy atom. The minimum Gasteiger partial charge on any atom is -0.387 e. The second-order valence-electron chi connectivity index (χ2n) is 8.87. The van der Waals surface area contributed by atoms with Crippen molar-refractivity contribution in [1.29, 1.82) is 0 Å². The zero-order chi connectivity index (χ0) is 23.8. The molecular weight excluding hydrogens is 444 g/mol. The quantitative estimate of drug-likeness (QED) is 0.540. The number of nitrogens with one attached hydrogen (secondary N) is 1. The fourth-order valence-electron chi connectivity index (χ4n) is 5.17. The highest BCUT2D eigenvalue weighted by Gasteiger charge is 2.55. The molecule has 7 heteroatoms. The van der Waals surface area contributed by atoms with E-state index in [1.54, 1.807) is 11.1 Å². The second kappa shape index (κ2) is 8.94. The zero-order valence-electron chi connectivity index (χ0n) is 18.9. The first-order chi connectivity index (χ1) is 17.2. The third-order valence-electron chi connectivity index (χ3n) is 6.83. The van der Waals surface area contributed by atoms with E-state index in [-0.39, 0.29) is 12.5 Å². The maximum atomic E-state index is 11.7. The third kappa shape index (κ3) is 3.73. The molecule has 3 aliphatic rings. The van der Waals surface area contributed by atoms with E-state index in [0.29, 0.717) is 0 Å². The van der Waals surface area contributed by atoms with E-state index in [4.69, 9.17) is 14.2 Å². The Labute approximate surface area is 203 Å². The Balaban J connectivity index is 1.34. The normalized spacial score (nSPS) is 27.4. The van der Waals surface area contributed by atoms with Crippen LogP contribution >= 0.6 is 0 Å². The van der Waals surface area contributed by atoms with Crippen molar-refractivity contribution in [3.05, 3.63) is 120 Å². The van der Waals surface area contributed by atoms with Gasteiger partial charge in [0.2, 0.25) is 12.3 Å². The van der Waals surface area contributed by atoms with E-state index >= 15 is 0 Å². The molecule has 3 heterocycles. The van der Waals surface area contributed by atoms with Crippen LogP contribution in [0.5, 0.6) is 0 Å².